The Kier molecular flexibility index (Phi) is 3.90. The van der Waals surface area contributed by atoms with Gasteiger partial charge in [-0.3, -0.25) is 0 Å². The summed E-state index contributed by atoms with van der Waals surface area (Å²) in [5.41, 5.74) is 0.337. The lowest BCUT2D eigenvalue weighted by Crippen LogP contribution is -2.09. The van der Waals surface area contributed by atoms with E-state index in [9.17, 15) is 4.79 Å². The molecule has 0 saturated heterocycles. The van der Waals surface area contributed by atoms with Crippen molar-refractivity contribution in [2.45, 2.75) is 6.92 Å². The highest BCUT2D eigenvalue weighted by molar-refractivity contribution is 6.42. The molecule has 0 amide bonds. The Bertz CT molecular complexity index is 631. The zero-order valence-electron chi connectivity index (χ0n) is 9.21. The summed E-state index contributed by atoms with van der Waals surface area (Å²) in [5, 5.41) is 8.91. The molecule has 18 heavy (non-hydrogen) atoms. The number of carbonyl (C=O) groups excluding carboxylic acids is 1. The number of halogens is 3. The van der Waals surface area contributed by atoms with Crippen molar-refractivity contribution in [2.24, 2.45) is 0 Å². The quantitative estimate of drug-likeness (QED) is 0.793. The first kappa shape index (κ1) is 13.3. The number of esters is 1. The predicted molar refractivity (Wildman–Crippen MR) is 70.5 cm³/mol. The van der Waals surface area contributed by atoms with Crippen LogP contribution in [0, 0.1) is 0 Å². The first-order valence-electron chi connectivity index (χ1n) is 5.02. The first-order chi connectivity index (χ1) is 8.54. The molecule has 0 spiro atoms. The van der Waals surface area contributed by atoms with Gasteiger partial charge in [0, 0.05) is 10.4 Å². The summed E-state index contributed by atoms with van der Waals surface area (Å²) in [6.45, 7) is 1.92. The monoisotopic (exact) mass is 304 g/mol. The SMILES string of the molecule is CCOC(=O)c1nnc2c(Cl)cc(Cl)cc2c1Cl. The zero-order valence-corrected chi connectivity index (χ0v) is 11.5. The van der Waals surface area contributed by atoms with E-state index in [4.69, 9.17) is 39.5 Å². The van der Waals surface area contributed by atoms with Crippen LogP contribution < -0.4 is 0 Å². The number of rotatable bonds is 2. The van der Waals surface area contributed by atoms with Crippen LogP contribution in [0.1, 0.15) is 17.4 Å². The van der Waals surface area contributed by atoms with Gasteiger partial charge in [0.25, 0.3) is 0 Å². The fourth-order valence-electron chi connectivity index (χ4n) is 1.44. The van der Waals surface area contributed by atoms with Crippen LogP contribution in [0.3, 0.4) is 0 Å². The molecule has 0 radical (unpaired) electrons. The van der Waals surface area contributed by atoms with Crippen LogP contribution in [0.15, 0.2) is 12.1 Å². The number of nitrogens with zero attached hydrogens (tertiary/aromatic N) is 2. The van der Waals surface area contributed by atoms with Gasteiger partial charge in [0.1, 0.15) is 5.52 Å². The third kappa shape index (κ3) is 2.36. The van der Waals surface area contributed by atoms with Crippen LogP contribution >= 0.6 is 34.8 Å². The largest absolute Gasteiger partial charge is 0.461 e. The average molecular weight is 306 g/mol. The van der Waals surface area contributed by atoms with E-state index in [1.165, 1.54) is 6.07 Å². The van der Waals surface area contributed by atoms with Crippen molar-refractivity contribution in [2.75, 3.05) is 6.61 Å². The lowest BCUT2D eigenvalue weighted by atomic mass is 10.2. The molecule has 0 bridgehead atoms. The molecule has 1 aromatic heterocycles. The molecular formula is C11H7Cl3N2O2. The van der Waals surface area contributed by atoms with Crippen LogP contribution in [0.4, 0.5) is 0 Å². The second-order valence-electron chi connectivity index (χ2n) is 3.37. The second kappa shape index (κ2) is 5.26. The van der Waals surface area contributed by atoms with Crippen LogP contribution in [0.5, 0.6) is 0 Å². The minimum Gasteiger partial charge on any atom is -0.461 e. The zero-order chi connectivity index (χ0) is 13.3. The second-order valence-corrected chi connectivity index (χ2v) is 4.59. The minimum absolute atomic E-state index is 0.0515. The van der Waals surface area contributed by atoms with E-state index < -0.39 is 5.97 Å². The Morgan fingerprint density at radius 3 is 2.67 bits per heavy atom. The first-order valence-corrected chi connectivity index (χ1v) is 6.16. The van der Waals surface area contributed by atoms with Crippen LogP contribution in [-0.4, -0.2) is 22.8 Å². The van der Waals surface area contributed by atoms with Gasteiger partial charge in [-0.15, -0.1) is 10.2 Å². The fourth-order valence-corrected chi connectivity index (χ4v) is 2.23. The van der Waals surface area contributed by atoms with Crippen molar-refractivity contribution < 1.29 is 9.53 Å². The Morgan fingerprint density at radius 1 is 1.28 bits per heavy atom. The summed E-state index contributed by atoms with van der Waals surface area (Å²) < 4.78 is 4.83. The summed E-state index contributed by atoms with van der Waals surface area (Å²) in [4.78, 5) is 11.6. The number of hydrogen-bond donors (Lipinski definition) is 0. The van der Waals surface area contributed by atoms with E-state index in [0.29, 0.717) is 20.9 Å². The Labute approximate surface area is 118 Å². The highest BCUT2D eigenvalue weighted by Crippen LogP contribution is 2.32. The molecule has 0 atom stereocenters. The lowest BCUT2D eigenvalue weighted by molar-refractivity contribution is 0.0518. The maximum atomic E-state index is 11.6. The van der Waals surface area contributed by atoms with Crippen molar-refractivity contribution in [3.8, 4) is 0 Å². The minimum atomic E-state index is -0.631. The Hall–Kier alpha value is -1.10. The topological polar surface area (TPSA) is 52.1 Å². The van der Waals surface area contributed by atoms with Gasteiger partial charge in [0.2, 0.25) is 0 Å². The summed E-state index contributed by atoms with van der Waals surface area (Å²) >= 11 is 17.9. The van der Waals surface area contributed by atoms with Crippen molar-refractivity contribution in [1.82, 2.24) is 10.2 Å². The van der Waals surface area contributed by atoms with Crippen molar-refractivity contribution >= 4 is 51.7 Å². The van der Waals surface area contributed by atoms with Crippen LogP contribution in [0.25, 0.3) is 10.9 Å². The number of hydrogen-bond acceptors (Lipinski definition) is 4. The lowest BCUT2D eigenvalue weighted by Gasteiger charge is -2.06. The molecule has 7 heteroatoms. The van der Waals surface area contributed by atoms with Gasteiger partial charge in [0.05, 0.1) is 16.7 Å². The van der Waals surface area contributed by atoms with Crippen LogP contribution in [-0.2, 0) is 4.74 Å². The van der Waals surface area contributed by atoms with E-state index in [1.54, 1.807) is 13.0 Å². The molecule has 0 fully saturated rings. The van der Waals surface area contributed by atoms with E-state index >= 15 is 0 Å². The van der Waals surface area contributed by atoms with Gasteiger partial charge in [-0.25, -0.2) is 4.79 Å². The number of fused-ring (bicyclic) bond motifs is 1. The van der Waals surface area contributed by atoms with E-state index in [-0.39, 0.29) is 17.3 Å². The molecule has 0 aliphatic heterocycles. The van der Waals surface area contributed by atoms with Crippen molar-refractivity contribution in [3.05, 3.63) is 32.9 Å². The molecule has 0 aliphatic carbocycles. The number of aromatic nitrogens is 2. The van der Waals surface area contributed by atoms with Gasteiger partial charge in [-0.2, -0.15) is 0 Å². The molecule has 1 heterocycles. The van der Waals surface area contributed by atoms with E-state index in [0.717, 1.165) is 0 Å². The van der Waals surface area contributed by atoms with Gasteiger partial charge in [-0.05, 0) is 19.1 Å². The molecule has 94 valence electrons. The smallest absolute Gasteiger partial charge is 0.360 e. The summed E-state index contributed by atoms with van der Waals surface area (Å²) in [6.07, 6.45) is 0. The number of ether oxygens (including phenoxy) is 1. The molecular weight excluding hydrogens is 298 g/mol. The molecule has 2 aromatic rings. The third-order valence-corrected chi connectivity index (χ3v) is 3.08. The maximum Gasteiger partial charge on any atom is 0.360 e. The molecule has 0 unspecified atom stereocenters. The van der Waals surface area contributed by atoms with Gasteiger partial charge >= 0.3 is 5.97 Å². The normalized spacial score (nSPS) is 10.7. The number of benzene rings is 1. The predicted octanol–water partition coefficient (Wildman–Crippen LogP) is 3.77. The Balaban J connectivity index is 2.67. The standard InChI is InChI=1S/C11H7Cl3N2O2/c1-2-18-11(17)10-8(14)6-3-5(12)4-7(13)9(6)15-16-10/h3-4H,2H2,1H3. The van der Waals surface area contributed by atoms with Crippen molar-refractivity contribution in [1.29, 1.82) is 0 Å². The number of carbonyl (C=O) groups is 1. The van der Waals surface area contributed by atoms with E-state index in [1.807, 2.05) is 0 Å². The summed E-state index contributed by atoms with van der Waals surface area (Å²) in [5.74, 6) is -0.631. The van der Waals surface area contributed by atoms with Gasteiger partial charge in [-0.1, -0.05) is 34.8 Å². The molecule has 0 saturated carbocycles. The average Bonchev–Trinajstić information content (AvgIpc) is 2.30. The molecule has 2 rings (SSSR count). The molecule has 0 aliphatic rings. The third-order valence-electron chi connectivity index (χ3n) is 2.19. The Morgan fingerprint density at radius 2 is 2.00 bits per heavy atom. The van der Waals surface area contributed by atoms with Gasteiger partial charge in [0.15, 0.2) is 5.69 Å². The maximum absolute atomic E-state index is 11.6. The highest BCUT2D eigenvalue weighted by atomic mass is 35.5. The van der Waals surface area contributed by atoms with Gasteiger partial charge < -0.3 is 4.74 Å². The summed E-state index contributed by atoms with van der Waals surface area (Å²) in [7, 11) is 0. The summed E-state index contributed by atoms with van der Waals surface area (Å²) in [6, 6.07) is 3.10. The highest BCUT2D eigenvalue weighted by Gasteiger charge is 2.18. The molecule has 0 N–H and O–H groups in total. The fraction of sp³-hybridized carbons (Fsp3) is 0.182. The van der Waals surface area contributed by atoms with E-state index in [2.05, 4.69) is 10.2 Å². The molecule has 4 nitrogen and oxygen atoms in total. The van der Waals surface area contributed by atoms with Crippen molar-refractivity contribution in [3.63, 3.8) is 0 Å². The molecule has 1 aromatic carbocycles. The van der Waals surface area contributed by atoms with Crippen LogP contribution in [0.2, 0.25) is 15.1 Å².